The van der Waals surface area contributed by atoms with Crippen LogP contribution in [0.4, 0.5) is 0 Å². The van der Waals surface area contributed by atoms with E-state index in [4.69, 9.17) is 14.0 Å². The van der Waals surface area contributed by atoms with Gasteiger partial charge in [0.05, 0.1) is 0 Å². The van der Waals surface area contributed by atoms with Crippen LogP contribution in [-0.2, 0) is 30.4 Å². The Kier molecular flexibility index (Phi) is 6580. The van der Waals surface area contributed by atoms with Crippen molar-refractivity contribution in [3.63, 3.8) is 0 Å². The zero-order chi connectivity index (χ0) is 6.00. The molecule has 0 aliphatic carbocycles. The van der Waals surface area contributed by atoms with Gasteiger partial charge in [-0.2, -0.15) is 0 Å². The van der Waals surface area contributed by atoms with Crippen molar-refractivity contribution < 1.29 is 30.4 Å². The van der Waals surface area contributed by atoms with Gasteiger partial charge in [-0.05, 0) is 0 Å². The molecule has 3 nitrogen and oxygen atoms in total. The Bertz CT molecular complexity index is 38.7. The van der Waals surface area contributed by atoms with Crippen molar-refractivity contribution in [3.8, 4) is 0 Å². The van der Waals surface area contributed by atoms with Gasteiger partial charge in [-0.15, -0.1) is 0 Å². The van der Waals surface area contributed by atoms with Gasteiger partial charge in [0.2, 0.25) is 0 Å². The minimum Gasteiger partial charge on any atom is 3.00 e. The predicted octanol–water partition coefficient (Wildman–Crippen LogP) is -0.115. The van der Waals surface area contributed by atoms with Crippen molar-refractivity contribution in [1.29, 1.82) is 0 Å². The van der Waals surface area contributed by atoms with Crippen LogP contribution in [0.3, 0.4) is 0 Å². The van der Waals surface area contributed by atoms with Gasteiger partial charge in [-0.3, -0.25) is 0 Å². The molecule has 0 fully saturated rings. The normalized spacial score (nSPS) is 0.857. The van der Waals surface area contributed by atoms with Crippen LogP contribution in [-0.4, -0.2) is 0 Å². The first-order valence-corrected chi connectivity index (χ1v) is 0.612. The van der Waals surface area contributed by atoms with Gasteiger partial charge < -0.3 is 0 Å². The first-order valence-electron chi connectivity index (χ1n) is 0.612. The first kappa shape index (κ1) is 29.8. The second-order valence-electron chi connectivity index (χ2n) is 0. The van der Waals surface area contributed by atoms with Crippen LogP contribution >= 0.6 is 0 Å². The molecule has 0 rings (SSSR count). The summed E-state index contributed by atoms with van der Waals surface area (Å²) in [4.78, 5) is 0. The minimum atomic E-state index is 0. The fraction of sp³-hybridized carbons (Fsp3) is 0. The van der Waals surface area contributed by atoms with Gasteiger partial charge in [0.15, 0.2) is 0 Å². The van der Waals surface area contributed by atoms with E-state index in [0.29, 0.717) is 0 Å². The van der Waals surface area contributed by atoms with E-state index < -0.39 is 0 Å². The van der Waals surface area contributed by atoms with Crippen molar-refractivity contribution >= 4 is 0 Å². The van der Waals surface area contributed by atoms with Gasteiger partial charge >= 0.3 is 50.4 Å². The molecular weight excluding hydrogens is 143 g/mol. The van der Waals surface area contributed by atoms with Crippen LogP contribution in [0.1, 0.15) is 0 Å². The van der Waals surface area contributed by atoms with Gasteiger partial charge in [-0.1, -0.05) is 0 Å². The molecule has 0 amide bonds. The quantitative estimate of drug-likeness (QED) is 0.258. The second-order valence-corrected chi connectivity index (χ2v) is 0. The summed E-state index contributed by atoms with van der Waals surface area (Å²) >= 11 is 0. The van der Waals surface area contributed by atoms with Crippen LogP contribution in [0.25, 0.3) is 0 Å². The maximum absolute atomic E-state index is 7.50. The zero-order valence-electron chi connectivity index (χ0n) is 3.04. The molecule has 0 heterocycles. The molecule has 0 spiro atoms. The Morgan fingerprint density at radius 2 is 0.571 bits per heavy atom. The molecule has 0 aliphatic rings. The molecule has 0 saturated heterocycles. The fourth-order valence-corrected chi connectivity index (χ4v) is 0. The third-order valence-corrected chi connectivity index (χ3v) is 0. The van der Waals surface area contributed by atoms with E-state index in [1.165, 1.54) is 0 Å². The molecule has 0 aromatic rings. The van der Waals surface area contributed by atoms with Crippen molar-refractivity contribution in [3.05, 3.63) is 20.0 Å². The molecule has 0 N–H and O–H groups in total. The van der Waals surface area contributed by atoms with Crippen LogP contribution in [0, 0.1) is 20.0 Å². The molecule has 37 valence electrons. The summed E-state index contributed by atoms with van der Waals surface area (Å²) in [5, 5.41) is 0. The summed E-state index contributed by atoms with van der Waals surface area (Å²) in [6, 6.07) is 0. The Hall–Kier alpha value is -0.286. The number of hydrogen-bond acceptors (Lipinski definition) is 0. The van der Waals surface area contributed by atoms with Gasteiger partial charge in [-0.25, -0.2) is 0 Å². The second kappa shape index (κ2) is 1550. The SMILES string of the molecule is [C-]#[O+].[C-]#[O+].[C-]#[O+].[Ni+3]. The van der Waals surface area contributed by atoms with Crippen LogP contribution in [0.15, 0.2) is 0 Å². The maximum atomic E-state index is 7.50. The minimum absolute atomic E-state index is 0. The third-order valence-electron chi connectivity index (χ3n) is 0. The van der Waals surface area contributed by atoms with Crippen molar-refractivity contribution in [2.45, 2.75) is 0 Å². The van der Waals surface area contributed by atoms with Gasteiger partial charge in [0.25, 0.3) is 0 Å². The van der Waals surface area contributed by atoms with E-state index in [1.807, 2.05) is 0 Å². The Balaban J connectivity index is -0.00000000900. The molecule has 0 bridgehead atoms. The topological polar surface area (TPSA) is 59.7 Å². The van der Waals surface area contributed by atoms with Crippen LogP contribution < -0.4 is 0 Å². The number of hydrogen-bond donors (Lipinski definition) is 0. The van der Waals surface area contributed by atoms with E-state index in [-0.39, 0.29) is 16.5 Å². The standard InChI is InChI=1S/3CO.Ni/c3*1-2;/q;;;+3. The summed E-state index contributed by atoms with van der Waals surface area (Å²) in [7, 11) is 0. The summed E-state index contributed by atoms with van der Waals surface area (Å²) in [6.45, 7) is 13.5. The van der Waals surface area contributed by atoms with E-state index in [1.54, 1.807) is 0 Å². The molecule has 0 saturated carbocycles. The average Bonchev–Trinajstić information content (AvgIpc) is 1.81. The van der Waals surface area contributed by atoms with Crippen molar-refractivity contribution in [2.75, 3.05) is 0 Å². The van der Waals surface area contributed by atoms with E-state index in [2.05, 4.69) is 20.0 Å². The molecule has 0 aromatic carbocycles. The smallest absolute Gasteiger partial charge is 3.00 e. The monoisotopic (exact) mass is 142 g/mol. The maximum Gasteiger partial charge on any atom is 3.00 e. The van der Waals surface area contributed by atoms with Gasteiger partial charge in [0.1, 0.15) is 0 Å². The summed E-state index contributed by atoms with van der Waals surface area (Å²) in [6.07, 6.45) is 0. The van der Waals surface area contributed by atoms with Gasteiger partial charge in [0, 0.05) is 0 Å². The summed E-state index contributed by atoms with van der Waals surface area (Å²) in [5.41, 5.74) is 0. The first-order chi connectivity index (χ1) is 3.00. The van der Waals surface area contributed by atoms with E-state index in [0.717, 1.165) is 0 Å². The molecular formula is C3NiO3+3. The van der Waals surface area contributed by atoms with Crippen LogP contribution in [0.2, 0.25) is 0 Å². The fourth-order valence-electron chi connectivity index (χ4n) is 0. The van der Waals surface area contributed by atoms with E-state index >= 15 is 0 Å². The molecule has 1 radical (unpaired) electrons. The predicted molar refractivity (Wildman–Crippen MR) is 11.8 cm³/mol. The molecule has 0 aliphatic heterocycles. The van der Waals surface area contributed by atoms with Crippen molar-refractivity contribution in [1.82, 2.24) is 0 Å². The zero-order valence-corrected chi connectivity index (χ0v) is 4.03. The van der Waals surface area contributed by atoms with Crippen molar-refractivity contribution in [2.24, 2.45) is 0 Å². The molecule has 0 atom stereocenters. The molecule has 7 heavy (non-hydrogen) atoms. The Morgan fingerprint density at radius 1 is 0.571 bits per heavy atom. The molecule has 4 heteroatoms. The third kappa shape index (κ3) is 960. The Morgan fingerprint density at radius 3 is 0.571 bits per heavy atom. The Labute approximate surface area is 51.2 Å². The van der Waals surface area contributed by atoms with E-state index in [9.17, 15) is 0 Å². The van der Waals surface area contributed by atoms with Crippen LogP contribution in [0.5, 0.6) is 0 Å². The average molecular weight is 143 g/mol. The summed E-state index contributed by atoms with van der Waals surface area (Å²) < 4.78 is 22.5. The number of rotatable bonds is 0. The summed E-state index contributed by atoms with van der Waals surface area (Å²) in [5.74, 6) is 0. The largest absolute Gasteiger partial charge is 3.00 e. The molecule has 0 unspecified atom stereocenters. The molecule has 0 aromatic heterocycles.